The molecular formula is C11H7F10NO. The number of hydrogen-bond acceptors (Lipinski definition) is 2. The predicted octanol–water partition coefficient (Wildman–Crippen LogP) is 4.50. The summed E-state index contributed by atoms with van der Waals surface area (Å²) < 4.78 is 129. The summed E-state index contributed by atoms with van der Waals surface area (Å²) in [6, 6.07) is 0.283. The molecule has 0 saturated carbocycles. The van der Waals surface area contributed by atoms with Crippen molar-refractivity contribution in [1.29, 1.82) is 0 Å². The van der Waals surface area contributed by atoms with E-state index in [4.69, 9.17) is 5.73 Å². The first-order valence-electron chi connectivity index (χ1n) is 5.51. The largest absolute Gasteiger partial charge is 0.482 e. The predicted molar refractivity (Wildman–Crippen MR) is 57.3 cm³/mol. The molecule has 1 aromatic carbocycles. The van der Waals surface area contributed by atoms with Crippen molar-refractivity contribution in [1.82, 2.24) is 0 Å². The maximum absolute atomic E-state index is 13.8. The van der Waals surface area contributed by atoms with Crippen molar-refractivity contribution < 1.29 is 48.6 Å². The number of nitrogens with two attached hydrogens (primary N) is 1. The van der Waals surface area contributed by atoms with E-state index in [2.05, 4.69) is 4.74 Å². The molecule has 0 heterocycles. The van der Waals surface area contributed by atoms with Gasteiger partial charge in [0.2, 0.25) is 0 Å². The highest BCUT2D eigenvalue weighted by atomic mass is 19.4. The van der Waals surface area contributed by atoms with Gasteiger partial charge in [-0.05, 0) is 12.1 Å². The van der Waals surface area contributed by atoms with Crippen molar-refractivity contribution in [2.24, 2.45) is 0 Å². The molecule has 0 aromatic heterocycles. The van der Waals surface area contributed by atoms with E-state index >= 15 is 0 Å². The van der Waals surface area contributed by atoms with E-state index in [0.29, 0.717) is 6.07 Å². The van der Waals surface area contributed by atoms with Gasteiger partial charge in [-0.1, -0.05) is 6.07 Å². The highest BCUT2D eigenvalue weighted by molar-refractivity contribution is 5.55. The van der Waals surface area contributed by atoms with Crippen LogP contribution in [0.4, 0.5) is 49.6 Å². The lowest BCUT2D eigenvalue weighted by molar-refractivity contribution is -0.348. The Balaban J connectivity index is 3.36. The molecule has 0 spiro atoms. The zero-order chi connectivity index (χ0) is 18.3. The summed E-state index contributed by atoms with van der Waals surface area (Å²) in [6.07, 6.45) is -17.7. The average molecular weight is 359 g/mol. The Kier molecular flexibility index (Phi) is 4.70. The van der Waals surface area contributed by atoms with Crippen LogP contribution >= 0.6 is 0 Å². The molecule has 0 aliphatic carbocycles. The molecule has 1 aromatic rings. The normalized spacial score (nSPS) is 14.0. The second-order valence-corrected chi connectivity index (χ2v) is 4.31. The second kappa shape index (κ2) is 5.64. The Morgan fingerprint density at radius 1 is 0.826 bits per heavy atom. The van der Waals surface area contributed by atoms with Crippen LogP contribution in [0.1, 0.15) is 5.56 Å². The number of anilines is 1. The zero-order valence-corrected chi connectivity index (χ0v) is 10.7. The molecule has 0 unspecified atom stereocenters. The molecule has 2 nitrogen and oxygen atoms in total. The van der Waals surface area contributed by atoms with Crippen LogP contribution in [0.15, 0.2) is 18.2 Å². The second-order valence-electron chi connectivity index (χ2n) is 4.31. The lowest BCUT2D eigenvalue weighted by Gasteiger charge is -2.30. The third-order valence-corrected chi connectivity index (χ3v) is 2.58. The van der Waals surface area contributed by atoms with Gasteiger partial charge in [0.1, 0.15) is 5.75 Å². The van der Waals surface area contributed by atoms with Gasteiger partial charge in [-0.3, -0.25) is 0 Å². The van der Waals surface area contributed by atoms with E-state index in [0.717, 1.165) is 0 Å². The molecule has 0 aliphatic heterocycles. The Morgan fingerprint density at radius 3 is 1.70 bits per heavy atom. The summed E-state index contributed by atoms with van der Waals surface area (Å²) in [5.41, 5.74) is -3.37. The van der Waals surface area contributed by atoms with Crippen LogP contribution < -0.4 is 10.5 Å². The van der Waals surface area contributed by atoms with E-state index in [1.165, 1.54) is 0 Å². The van der Waals surface area contributed by atoms with Crippen LogP contribution in [-0.2, 0) is 5.67 Å². The maximum Gasteiger partial charge on any atom is 0.435 e. The van der Waals surface area contributed by atoms with E-state index < -0.39 is 47.8 Å². The van der Waals surface area contributed by atoms with Crippen LogP contribution in [0.25, 0.3) is 0 Å². The van der Waals surface area contributed by atoms with Gasteiger partial charge in [0.15, 0.2) is 6.61 Å². The summed E-state index contributed by atoms with van der Waals surface area (Å²) in [5.74, 6) is -1.16. The van der Waals surface area contributed by atoms with Gasteiger partial charge in [-0.15, -0.1) is 0 Å². The van der Waals surface area contributed by atoms with Gasteiger partial charge in [-0.2, -0.15) is 39.5 Å². The maximum atomic E-state index is 13.8. The summed E-state index contributed by atoms with van der Waals surface area (Å²) in [7, 11) is 0. The van der Waals surface area contributed by atoms with Crippen LogP contribution in [0.3, 0.4) is 0 Å². The summed E-state index contributed by atoms with van der Waals surface area (Å²) in [4.78, 5) is 0. The smallest absolute Gasteiger partial charge is 0.435 e. The van der Waals surface area contributed by atoms with Crippen LogP contribution in [0, 0.1) is 0 Å². The van der Waals surface area contributed by atoms with Gasteiger partial charge in [0.25, 0.3) is 0 Å². The molecule has 2 N–H and O–H groups in total. The molecular weight excluding hydrogens is 352 g/mol. The summed E-state index contributed by atoms with van der Waals surface area (Å²) in [6.45, 7) is -2.03. The zero-order valence-electron chi connectivity index (χ0n) is 10.7. The number of rotatable bonds is 3. The topological polar surface area (TPSA) is 35.2 Å². The molecule has 0 aliphatic rings. The molecule has 12 heteroatoms. The van der Waals surface area contributed by atoms with Gasteiger partial charge in [0, 0.05) is 5.56 Å². The highest BCUT2D eigenvalue weighted by Crippen LogP contribution is 2.53. The number of benzene rings is 1. The van der Waals surface area contributed by atoms with Crippen LogP contribution in [0.5, 0.6) is 5.75 Å². The Bertz CT molecular complexity index is 545. The summed E-state index contributed by atoms with van der Waals surface area (Å²) >= 11 is 0. The fourth-order valence-corrected chi connectivity index (χ4v) is 1.52. The van der Waals surface area contributed by atoms with E-state index in [9.17, 15) is 43.9 Å². The van der Waals surface area contributed by atoms with Gasteiger partial charge < -0.3 is 10.5 Å². The first-order valence-corrected chi connectivity index (χ1v) is 5.51. The molecule has 23 heavy (non-hydrogen) atoms. The molecule has 0 radical (unpaired) electrons. The highest BCUT2D eigenvalue weighted by Gasteiger charge is 2.73. The minimum atomic E-state index is -6.40. The molecule has 1 rings (SSSR count). The lowest BCUT2D eigenvalue weighted by atomic mass is 9.93. The van der Waals surface area contributed by atoms with Gasteiger partial charge >= 0.3 is 24.2 Å². The Labute approximate surface area is 121 Å². The fraction of sp³-hybridized carbons (Fsp3) is 0.455. The summed E-state index contributed by atoms with van der Waals surface area (Å²) in [5, 5.41) is 0. The molecule has 0 bridgehead atoms. The van der Waals surface area contributed by atoms with E-state index in [1.54, 1.807) is 0 Å². The SMILES string of the molecule is Nc1ccc(C(F)(C(F)(F)F)C(F)(F)F)cc1OCC(F)(F)F. The average Bonchev–Trinajstić information content (AvgIpc) is 2.33. The number of halogens is 10. The van der Waals surface area contributed by atoms with Crippen LogP contribution in [-0.4, -0.2) is 25.1 Å². The quantitative estimate of drug-likeness (QED) is 0.637. The first-order chi connectivity index (χ1) is 10.1. The van der Waals surface area contributed by atoms with Crippen LogP contribution in [0.2, 0.25) is 0 Å². The van der Waals surface area contributed by atoms with Gasteiger partial charge in [0.05, 0.1) is 5.69 Å². The van der Waals surface area contributed by atoms with Crippen molar-refractivity contribution in [2.45, 2.75) is 24.2 Å². The van der Waals surface area contributed by atoms with Crippen molar-refractivity contribution in [2.75, 3.05) is 12.3 Å². The molecule has 0 saturated heterocycles. The lowest BCUT2D eigenvalue weighted by Crippen LogP contribution is -2.50. The standard InChI is InChI=1S/C11H7F10NO/c12-8(13,14)4-23-7-3-5(1-2-6(7)22)9(15,10(16,17)18)11(19,20)21/h1-3H,4,22H2. The monoisotopic (exact) mass is 359 g/mol. The number of alkyl halides is 10. The van der Waals surface area contributed by atoms with Gasteiger partial charge in [-0.25, -0.2) is 4.39 Å². The first kappa shape index (κ1) is 19.2. The minimum Gasteiger partial charge on any atom is -0.482 e. The van der Waals surface area contributed by atoms with Crippen molar-refractivity contribution >= 4 is 5.69 Å². The molecule has 0 fully saturated rings. The molecule has 132 valence electrons. The molecule has 0 amide bonds. The van der Waals surface area contributed by atoms with Crippen molar-refractivity contribution in [3.8, 4) is 5.75 Å². The number of nitrogen functional groups attached to an aromatic ring is 1. The van der Waals surface area contributed by atoms with E-state index in [-0.39, 0.29) is 12.1 Å². The Morgan fingerprint density at radius 2 is 1.30 bits per heavy atom. The van der Waals surface area contributed by atoms with E-state index in [1.807, 2.05) is 0 Å². The number of hydrogen-bond donors (Lipinski definition) is 1. The van der Waals surface area contributed by atoms with Crippen molar-refractivity contribution in [3.63, 3.8) is 0 Å². The third-order valence-electron chi connectivity index (χ3n) is 2.58. The number of ether oxygens (including phenoxy) is 1. The fourth-order valence-electron chi connectivity index (χ4n) is 1.52. The third kappa shape index (κ3) is 3.91. The Hall–Kier alpha value is -1.88. The van der Waals surface area contributed by atoms with Crippen molar-refractivity contribution in [3.05, 3.63) is 23.8 Å². The minimum absolute atomic E-state index is 0.0662. The molecule has 0 atom stereocenters.